The van der Waals surface area contributed by atoms with Crippen molar-refractivity contribution in [1.29, 1.82) is 0 Å². The van der Waals surface area contributed by atoms with E-state index in [2.05, 4.69) is 15.4 Å². The maximum Gasteiger partial charge on any atom is 0.422 e. The Labute approximate surface area is 142 Å². The van der Waals surface area contributed by atoms with E-state index in [-0.39, 0.29) is 28.8 Å². The molecule has 1 amide bonds. The first-order valence-electron chi connectivity index (χ1n) is 7.73. The second kappa shape index (κ2) is 8.19. The summed E-state index contributed by atoms with van der Waals surface area (Å²) in [4.78, 5) is 23.8. The summed E-state index contributed by atoms with van der Waals surface area (Å²) in [6.07, 6.45) is -3.26. The lowest BCUT2D eigenvalue weighted by Gasteiger charge is -2.22. The van der Waals surface area contributed by atoms with Crippen LogP contribution in [0.25, 0.3) is 0 Å². The molecule has 1 aliphatic heterocycles. The van der Waals surface area contributed by atoms with Gasteiger partial charge in [0.1, 0.15) is 5.75 Å². The molecule has 2 rings (SSSR count). The molecule has 1 saturated heterocycles. The lowest BCUT2D eigenvalue weighted by atomic mass is 9.97. The maximum absolute atomic E-state index is 12.4. The van der Waals surface area contributed by atoms with Gasteiger partial charge in [0, 0.05) is 5.92 Å². The minimum atomic E-state index is -4.54. The predicted molar refractivity (Wildman–Crippen MR) is 83.6 cm³/mol. The van der Waals surface area contributed by atoms with Crippen LogP contribution in [-0.4, -0.2) is 44.9 Å². The van der Waals surface area contributed by atoms with E-state index >= 15 is 0 Å². The van der Waals surface area contributed by atoms with Crippen LogP contribution in [0.3, 0.4) is 0 Å². The first-order valence-corrected chi connectivity index (χ1v) is 7.73. The number of hydrogen-bond donors (Lipinski definition) is 2. The van der Waals surface area contributed by atoms with E-state index in [1.807, 2.05) is 0 Å². The molecule has 25 heavy (non-hydrogen) atoms. The van der Waals surface area contributed by atoms with Gasteiger partial charge in [0.25, 0.3) is 0 Å². The lowest BCUT2D eigenvalue weighted by Crippen LogP contribution is -2.34. The Bertz CT molecular complexity index is 628. The Morgan fingerprint density at radius 2 is 1.96 bits per heavy atom. The molecular formula is C16H19F3N2O4. The number of carbonyl (C=O) groups excluding carboxylic acids is 2. The summed E-state index contributed by atoms with van der Waals surface area (Å²) in [6, 6.07) is 3.80. The molecular weight excluding hydrogens is 341 g/mol. The highest BCUT2D eigenvalue weighted by atomic mass is 19.4. The van der Waals surface area contributed by atoms with Crippen molar-refractivity contribution in [3.05, 3.63) is 23.8 Å². The largest absolute Gasteiger partial charge is 0.482 e. The van der Waals surface area contributed by atoms with E-state index in [1.54, 1.807) is 0 Å². The van der Waals surface area contributed by atoms with Crippen molar-refractivity contribution in [1.82, 2.24) is 5.32 Å². The number of halogens is 3. The number of ether oxygens (including phenoxy) is 2. The number of hydrogen-bond acceptors (Lipinski definition) is 5. The van der Waals surface area contributed by atoms with Crippen LogP contribution in [-0.2, 0) is 9.53 Å². The van der Waals surface area contributed by atoms with Crippen molar-refractivity contribution in [2.24, 2.45) is 5.92 Å². The molecule has 138 valence electrons. The summed E-state index contributed by atoms with van der Waals surface area (Å²) in [7, 11) is 1.16. The van der Waals surface area contributed by atoms with Gasteiger partial charge in [-0.2, -0.15) is 13.2 Å². The Balaban J connectivity index is 2.18. The molecule has 0 unspecified atom stereocenters. The van der Waals surface area contributed by atoms with E-state index < -0.39 is 18.8 Å². The molecule has 1 aromatic carbocycles. The van der Waals surface area contributed by atoms with Crippen molar-refractivity contribution < 1.29 is 32.2 Å². The van der Waals surface area contributed by atoms with Crippen LogP contribution in [0.1, 0.15) is 23.2 Å². The second-order valence-electron chi connectivity index (χ2n) is 5.62. The highest BCUT2D eigenvalue weighted by molar-refractivity contribution is 5.96. The molecule has 2 N–H and O–H groups in total. The molecule has 0 aliphatic carbocycles. The zero-order valence-corrected chi connectivity index (χ0v) is 13.6. The van der Waals surface area contributed by atoms with Crippen LogP contribution in [0.5, 0.6) is 5.75 Å². The molecule has 1 aliphatic rings. The fourth-order valence-corrected chi connectivity index (χ4v) is 2.47. The van der Waals surface area contributed by atoms with Crippen molar-refractivity contribution in [3.8, 4) is 5.75 Å². The number of methoxy groups -OCH3 is 1. The molecule has 0 atom stereocenters. The summed E-state index contributed by atoms with van der Waals surface area (Å²) >= 11 is 0. The minimum Gasteiger partial charge on any atom is -0.482 e. The first-order chi connectivity index (χ1) is 11.8. The Hall–Kier alpha value is -2.29. The summed E-state index contributed by atoms with van der Waals surface area (Å²) in [5.74, 6) is -1.46. The van der Waals surface area contributed by atoms with Gasteiger partial charge >= 0.3 is 12.1 Å². The number of carbonyl (C=O) groups is 2. The predicted octanol–water partition coefficient (Wildman–Crippen LogP) is 2.35. The van der Waals surface area contributed by atoms with Crippen LogP contribution < -0.4 is 15.4 Å². The fourth-order valence-electron chi connectivity index (χ4n) is 2.47. The molecule has 6 nitrogen and oxygen atoms in total. The highest BCUT2D eigenvalue weighted by Crippen LogP contribution is 2.29. The number of piperidine rings is 1. The topological polar surface area (TPSA) is 76.7 Å². The average Bonchev–Trinajstić information content (AvgIpc) is 2.60. The highest BCUT2D eigenvalue weighted by Gasteiger charge is 2.29. The van der Waals surface area contributed by atoms with Gasteiger partial charge in [-0.1, -0.05) is 0 Å². The van der Waals surface area contributed by atoms with Gasteiger partial charge in [-0.05, 0) is 44.1 Å². The molecule has 0 aromatic heterocycles. The molecule has 0 saturated carbocycles. The third-order valence-electron chi connectivity index (χ3n) is 3.76. The quantitative estimate of drug-likeness (QED) is 0.789. The van der Waals surface area contributed by atoms with Gasteiger partial charge in [0.05, 0.1) is 18.4 Å². The fraction of sp³-hybridized carbons (Fsp3) is 0.500. The SMILES string of the molecule is COC(=O)c1ccc(NC(=O)C2CCNCC2)c(OCC(F)(F)F)c1. The minimum absolute atomic E-state index is 0.0274. The van der Waals surface area contributed by atoms with Crippen LogP contribution >= 0.6 is 0 Å². The number of rotatable bonds is 5. The molecule has 0 spiro atoms. The Morgan fingerprint density at radius 1 is 1.28 bits per heavy atom. The third kappa shape index (κ3) is 5.63. The van der Waals surface area contributed by atoms with E-state index in [4.69, 9.17) is 4.74 Å². The van der Waals surface area contributed by atoms with E-state index in [0.717, 1.165) is 13.2 Å². The number of anilines is 1. The van der Waals surface area contributed by atoms with Crippen LogP contribution in [0.2, 0.25) is 0 Å². The molecule has 1 heterocycles. The number of esters is 1. The van der Waals surface area contributed by atoms with Gasteiger partial charge in [0.2, 0.25) is 5.91 Å². The van der Waals surface area contributed by atoms with Crippen LogP contribution in [0.15, 0.2) is 18.2 Å². The summed E-state index contributed by atoms with van der Waals surface area (Å²) in [5, 5.41) is 5.72. The summed E-state index contributed by atoms with van der Waals surface area (Å²) < 4.78 is 46.6. The summed E-state index contributed by atoms with van der Waals surface area (Å²) in [5.41, 5.74) is 0.111. The van der Waals surface area contributed by atoms with Crippen LogP contribution in [0, 0.1) is 5.92 Å². The van der Waals surface area contributed by atoms with Crippen molar-refractivity contribution >= 4 is 17.6 Å². The second-order valence-corrected chi connectivity index (χ2v) is 5.62. The molecule has 9 heteroatoms. The van der Waals surface area contributed by atoms with E-state index in [0.29, 0.717) is 25.9 Å². The van der Waals surface area contributed by atoms with Crippen molar-refractivity contribution in [2.45, 2.75) is 19.0 Å². The molecule has 1 fully saturated rings. The molecule has 0 bridgehead atoms. The number of alkyl halides is 3. The standard InChI is InChI=1S/C16H19F3N2O4/c1-24-15(23)11-2-3-12(13(8-11)25-9-16(17,18)19)21-14(22)10-4-6-20-7-5-10/h2-3,8,10,20H,4-7,9H2,1H3,(H,21,22). The third-order valence-corrected chi connectivity index (χ3v) is 3.76. The first kappa shape index (κ1) is 19.0. The maximum atomic E-state index is 12.4. The van der Waals surface area contributed by atoms with Gasteiger partial charge in [0.15, 0.2) is 6.61 Å². The van der Waals surface area contributed by atoms with Crippen molar-refractivity contribution in [3.63, 3.8) is 0 Å². The van der Waals surface area contributed by atoms with E-state index in [1.165, 1.54) is 12.1 Å². The van der Waals surface area contributed by atoms with Crippen LogP contribution in [0.4, 0.5) is 18.9 Å². The van der Waals surface area contributed by atoms with Gasteiger partial charge in [-0.15, -0.1) is 0 Å². The Morgan fingerprint density at radius 3 is 2.56 bits per heavy atom. The monoisotopic (exact) mass is 360 g/mol. The Kier molecular flexibility index (Phi) is 6.24. The number of amides is 1. The number of benzene rings is 1. The van der Waals surface area contributed by atoms with Crippen molar-refractivity contribution in [2.75, 3.05) is 32.1 Å². The summed E-state index contributed by atoms with van der Waals surface area (Å²) in [6.45, 7) is -0.124. The lowest BCUT2D eigenvalue weighted by molar-refractivity contribution is -0.153. The molecule has 0 radical (unpaired) electrons. The van der Waals surface area contributed by atoms with Gasteiger partial charge < -0.3 is 20.1 Å². The zero-order chi connectivity index (χ0) is 18.4. The van der Waals surface area contributed by atoms with Gasteiger partial charge in [-0.25, -0.2) is 4.79 Å². The zero-order valence-electron chi connectivity index (χ0n) is 13.6. The number of nitrogens with one attached hydrogen (secondary N) is 2. The smallest absolute Gasteiger partial charge is 0.422 e. The average molecular weight is 360 g/mol. The van der Waals surface area contributed by atoms with Gasteiger partial charge in [-0.3, -0.25) is 4.79 Å². The normalized spacial score (nSPS) is 15.5. The molecule has 1 aromatic rings. The van der Waals surface area contributed by atoms with E-state index in [9.17, 15) is 22.8 Å².